The Bertz CT molecular complexity index is 423. The van der Waals surface area contributed by atoms with Crippen LogP contribution in [0.4, 0.5) is 5.82 Å². The minimum Gasteiger partial charge on any atom is -0.384 e. The first kappa shape index (κ1) is 13.0. The molecule has 1 aromatic rings. The highest BCUT2D eigenvalue weighted by molar-refractivity contribution is 5.42. The highest BCUT2D eigenvalue weighted by Gasteiger charge is 2.32. The number of imidazole rings is 1. The fourth-order valence-corrected chi connectivity index (χ4v) is 3.47. The van der Waals surface area contributed by atoms with Crippen molar-refractivity contribution in [3.8, 4) is 0 Å². The van der Waals surface area contributed by atoms with Crippen molar-refractivity contribution in [2.24, 2.45) is 0 Å². The van der Waals surface area contributed by atoms with E-state index in [9.17, 15) is 0 Å². The van der Waals surface area contributed by atoms with Gasteiger partial charge in [-0.3, -0.25) is 0 Å². The standard InChI is InChI=1S/C16H27N3/c1-2-11-19-15(17)14(18-16(19)13-9-10-13)12-7-5-3-4-6-8-12/h12-13H,2-11,17H2,1H3. The van der Waals surface area contributed by atoms with Crippen LogP contribution in [0.15, 0.2) is 0 Å². The Balaban J connectivity index is 1.89. The van der Waals surface area contributed by atoms with Crippen LogP contribution in [0.2, 0.25) is 0 Å². The van der Waals surface area contributed by atoms with Crippen molar-refractivity contribution in [1.82, 2.24) is 9.55 Å². The molecule has 0 atom stereocenters. The van der Waals surface area contributed by atoms with Crippen LogP contribution < -0.4 is 5.73 Å². The van der Waals surface area contributed by atoms with Gasteiger partial charge in [0.25, 0.3) is 0 Å². The maximum absolute atomic E-state index is 6.44. The first-order valence-corrected chi connectivity index (χ1v) is 8.17. The molecule has 2 N–H and O–H groups in total. The molecule has 0 unspecified atom stereocenters. The van der Waals surface area contributed by atoms with Crippen LogP contribution in [0.5, 0.6) is 0 Å². The molecule has 1 heterocycles. The molecule has 0 amide bonds. The molecule has 0 radical (unpaired) electrons. The van der Waals surface area contributed by atoms with E-state index in [-0.39, 0.29) is 0 Å². The van der Waals surface area contributed by atoms with Gasteiger partial charge < -0.3 is 10.3 Å². The van der Waals surface area contributed by atoms with Crippen LogP contribution in [0.1, 0.15) is 88.1 Å². The normalized spacial score (nSPS) is 21.5. The fourth-order valence-electron chi connectivity index (χ4n) is 3.47. The van der Waals surface area contributed by atoms with Crippen molar-refractivity contribution >= 4 is 5.82 Å². The Kier molecular flexibility index (Phi) is 3.81. The number of nitrogen functional groups attached to an aromatic ring is 1. The van der Waals surface area contributed by atoms with E-state index < -0.39 is 0 Å². The Morgan fingerprint density at radius 1 is 1.05 bits per heavy atom. The summed E-state index contributed by atoms with van der Waals surface area (Å²) in [5.74, 6) is 3.60. The average molecular weight is 261 g/mol. The Hall–Kier alpha value is -0.990. The van der Waals surface area contributed by atoms with Crippen molar-refractivity contribution in [2.75, 3.05) is 5.73 Å². The van der Waals surface area contributed by atoms with E-state index in [1.807, 2.05) is 0 Å². The zero-order valence-electron chi connectivity index (χ0n) is 12.2. The van der Waals surface area contributed by atoms with Crippen LogP contribution in [0, 0.1) is 0 Å². The first-order valence-electron chi connectivity index (χ1n) is 8.17. The van der Waals surface area contributed by atoms with Gasteiger partial charge in [-0.1, -0.05) is 32.6 Å². The Morgan fingerprint density at radius 2 is 1.74 bits per heavy atom. The Morgan fingerprint density at radius 3 is 2.32 bits per heavy atom. The molecule has 3 heteroatoms. The summed E-state index contributed by atoms with van der Waals surface area (Å²) in [5.41, 5.74) is 7.67. The monoisotopic (exact) mass is 261 g/mol. The molecule has 0 saturated heterocycles. The zero-order valence-corrected chi connectivity index (χ0v) is 12.2. The maximum atomic E-state index is 6.44. The SMILES string of the molecule is CCCn1c(C2CC2)nc(C2CCCCCC2)c1N. The Labute approximate surface area is 116 Å². The van der Waals surface area contributed by atoms with Crippen LogP contribution in [0.25, 0.3) is 0 Å². The summed E-state index contributed by atoms with van der Waals surface area (Å²) in [7, 11) is 0. The molecule has 1 aromatic heterocycles. The first-order chi connectivity index (χ1) is 9.31. The van der Waals surface area contributed by atoms with Gasteiger partial charge in [0.2, 0.25) is 0 Å². The molecule has 0 aliphatic heterocycles. The van der Waals surface area contributed by atoms with Gasteiger partial charge in [-0.05, 0) is 32.1 Å². The van der Waals surface area contributed by atoms with E-state index in [0.29, 0.717) is 11.8 Å². The molecule has 19 heavy (non-hydrogen) atoms. The van der Waals surface area contributed by atoms with Gasteiger partial charge in [0.15, 0.2) is 0 Å². The lowest BCUT2D eigenvalue weighted by atomic mass is 9.96. The highest BCUT2D eigenvalue weighted by atomic mass is 15.2. The van der Waals surface area contributed by atoms with Gasteiger partial charge in [0, 0.05) is 18.4 Å². The van der Waals surface area contributed by atoms with Crippen molar-refractivity contribution in [2.45, 2.75) is 83.1 Å². The van der Waals surface area contributed by atoms with Gasteiger partial charge in [0.05, 0.1) is 5.69 Å². The molecule has 2 aliphatic rings. The molecular formula is C16H27N3. The lowest BCUT2D eigenvalue weighted by Crippen LogP contribution is -2.07. The number of aromatic nitrogens is 2. The summed E-state index contributed by atoms with van der Waals surface area (Å²) < 4.78 is 2.32. The van der Waals surface area contributed by atoms with Crippen molar-refractivity contribution in [1.29, 1.82) is 0 Å². The summed E-state index contributed by atoms with van der Waals surface area (Å²) >= 11 is 0. The fraction of sp³-hybridized carbons (Fsp3) is 0.812. The van der Waals surface area contributed by atoms with E-state index in [2.05, 4.69) is 11.5 Å². The van der Waals surface area contributed by atoms with Crippen molar-refractivity contribution in [3.05, 3.63) is 11.5 Å². The smallest absolute Gasteiger partial charge is 0.127 e. The molecule has 0 bridgehead atoms. The third-order valence-electron chi connectivity index (χ3n) is 4.70. The molecule has 2 saturated carbocycles. The third kappa shape index (κ3) is 2.65. The predicted octanol–water partition coefficient (Wildman–Crippen LogP) is 4.19. The zero-order chi connectivity index (χ0) is 13.2. The average Bonchev–Trinajstić information content (AvgIpc) is 3.22. The number of anilines is 1. The summed E-state index contributed by atoms with van der Waals surface area (Å²) in [6.07, 6.45) is 11.8. The minimum atomic E-state index is 0.623. The molecular weight excluding hydrogens is 234 g/mol. The van der Waals surface area contributed by atoms with Gasteiger partial charge in [-0.25, -0.2) is 4.98 Å². The lowest BCUT2D eigenvalue weighted by Gasteiger charge is -2.13. The van der Waals surface area contributed by atoms with Crippen molar-refractivity contribution in [3.63, 3.8) is 0 Å². The summed E-state index contributed by atoms with van der Waals surface area (Å²) in [4.78, 5) is 4.99. The summed E-state index contributed by atoms with van der Waals surface area (Å²) in [5, 5.41) is 0. The van der Waals surface area contributed by atoms with Gasteiger partial charge in [-0.15, -0.1) is 0 Å². The second kappa shape index (κ2) is 5.56. The van der Waals surface area contributed by atoms with Crippen LogP contribution in [-0.4, -0.2) is 9.55 Å². The second-order valence-electron chi connectivity index (χ2n) is 6.35. The molecule has 3 rings (SSSR count). The van der Waals surface area contributed by atoms with Crippen LogP contribution >= 0.6 is 0 Å². The third-order valence-corrected chi connectivity index (χ3v) is 4.70. The molecule has 106 valence electrons. The van der Waals surface area contributed by atoms with Gasteiger partial charge >= 0.3 is 0 Å². The van der Waals surface area contributed by atoms with Gasteiger partial charge in [-0.2, -0.15) is 0 Å². The minimum absolute atomic E-state index is 0.623. The van der Waals surface area contributed by atoms with Gasteiger partial charge in [0.1, 0.15) is 11.6 Å². The number of hydrogen-bond acceptors (Lipinski definition) is 2. The second-order valence-corrected chi connectivity index (χ2v) is 6.35. The van der Waals surface area contributed by atoms with E-state index in [0.717, 1.165) is 18.8 Å². The quantitative estimate of drug-likeness (QED) is 0.826. The number of hydrogen-bond donors (Lipinski definition) is 1. The molecule has 0 aromatic carbocycles. The molecule has 2 fully saturated rings. The van der Waals surface area contributed by atoms with E-state index >= 15 is 0 Å². The maximum Gasteiger partial charge on any atom is 0.127 e. The largest absolute Gasteiger partial charge is 0.384 e. The van der Waals surface area contributed by atoms with Crippen molar-refractivity contribution < 1.29 is 0 Å². The van der Waals surface area contributed by atoms with Crippen LogP contribution in [0.3, 0.4) is 0 Å². The molecule has 0 spiro atoms. The van der Waals surface area contributed by atoms with Crippen LogP contribution in [-0.2, 0) is 6.54 Å². The lowest BCUT2D eigenvalue weighted by molar-refractivity contribution is 0.580. The van der Waals surface area contributed by atoms with E-state index in [1.54, 1.807) is 0 Å². The number of nitrogens with zero attached hydrogens (tertiary/aromatic N) is 2. The number of nitrogens with two attached hydrogens (primary N) is 1. The molecule has 2 aliphatic carbocycles. The molecule has 3 nitrogen and oxygen atoms in total. The highest BCUT2D eigenvalue weighted by Crippen LogP contribution is 2.43. The topological polar surface area (TPSA) is 43.8 Å². The predicted molar refractivity (Wildman–Crippen MR) is 79.3 cm³/mol. The summed E-state index contributed by atoms with van der Waals surface area (Å²) in [6.45, 7) is 3.26. The number of rotatable bonds is 4. The van der Waals surface area contributed by atoms with E-state index in [1.165, 1.54) is 62.9 Å². The summed E-state index contributed by atoms with van der Waals surface area (Å²) in [6, 6.07) is 0. The van der Waals surface area contributed by atoms with E-state index in [4.69, 9.17) is 10.7 Å².